The Labute approximate surface area is 132 Å². The van der Waals surface area contributed by atoms with Crippen molar-refractivity contribution >= 4 is 15.9 Å². The van der Waals surface area contributed by atoms with Gasteiger partial charge < -0.3 is 5.32 Å². The predicted octanol–water partition coefficient (Wildman–Crippen LogP) is 5.04. The minimum absolute atomic E-state index is 0.0733. The van der Waals surface area contributed by atoms with Gasteiger partial charge in [-0.2, -0.15) is 0 Å². The third kappa shape index (κ3) is 3.33. The van der Waals surface area contributed by atoms with E-state index < -0.39 is 17.7 Å². The number of rotatable bonds is 4. The Balaban J connectivity index is 2.62. The third-order valence-corrected chi connectivity index (χ3v) is 4.41. The fourth-order valence-electron chi connectivity index (χ4n) is 2.47. The molecule has 21 heavy (non-hydrogen) atoms. The molecule has 0 spiro atoms. The highest BCUT2D eigenvalue weighted by Gasteiger charge is 2.23. The molecular formula is C17H18BrF2N. The molecule has 0 heterocycles. The van der Waals surface area contributed by atoms with Crippen LogP contribution >= 0.6 is 15.9 Å². The first-order valence-corrected chi connectivity index (χ1v) is 7.69. The lowest BCUT2D eigenvalue weighted by Crippen LogP contribution is -2.25. The summed E-state index contributed by atoms with van der Waals surface area (Å²) in [6, 6.07) is 7.43. The van der Waals surface area contributed by atoms with Crippen molar-refractivity contribution in [3.8, 4) is 0 Å². The van der Waals surface area contributed by atoms with Gasteiger partial charge in [0.2, 0.25) is 0 Å². The summed E-state index contributed by atoms with van der Waals surface area (Å²) in [6.45, 7) is 6.45. The number of aryl methyl sites for hydroxylation is 2. The van der Waals surface area contributed by atoms with Gasteiger partial charge in [0.05, 0.1) is 6.04 Å². The Bertz CT molecular complexity index is 635. The van der Waals surface area contributed by atoms with Crippen molar-refractivity contribution in [2.75, 3.05) is 6.54 Å². The molecule has 0 radical (unpaired) electrons. The van der Waals surface area contributed by atoms with Crippen LogP contribution in [0.25, 0.3) is 0 Å². The lowest BCUT2D eigenvalue weighted by Gasteiger charge is -2.23. The molecule has 1 unspecified atom stereocenters. The van der Waals surface area contributed by atoms with Crippen molar-refractivity contribution in [3.63, 3.8) is 0 Å². The minimum Gasteiger partial charge on any atom is -0.306 e. The molecule has 0 amide bonds. The largest absolute Gasteiger partial charge is 0.306 e. The number of nitrogens with one attached hydrogen (secondary N) is 1. The smallest absolute Gasteiger partial charge is 0.131 e. The van der Waals surface area contributed by atoms with Crippen LogP contribution < -0.4 is 5.32 Å². The van der Waals surface area contributed by atoms with Crippen molar-refractivity contribution in [3.05, 3.63) is 68.7 Å². The molecule has 0 aliphatic carbocycles. The first-order chi connectivity index (χ1) is 9.95. The van der Waals surface area contributed by atoms with Crippen molar-refractivity contribution in [2.45, 2.75) is 26.8 Å². The van der Waals surface area contributed by atoms with Crippen LogP contribution in [0.4, 0.5) is 8.78 Å². The normalized spacial score (nSPS) is 12.5. The second kappa shape index (κ2) is 6.67. The third-order valence-electron chi connectivity index (χ3n) is 3.55. The molecule has 0 saturated heterocycles. The molecule has 1 atom stereocenters. The van der Waals surface area contributed by atoms with Crippen molar-refractivity contribution < 1.29 is 8.78 Å². The van der Waals surface area contributed by atoms with Gasteiger partial charge >= 0.3 is 0 Å². The lowest BCUT2D eigenvalue weighted by atomic mass is 9.93. The topological polar surface area (TPSA) is 12.0 Å². The van der Waals surface area contributed by atoms with E-state index in [2.05, 4.69) is 21.2 Å². The molecular weight excluding hydrogens is 336 g/mol. The summed E-state index contributed by atoms with van der Waals surface area (Å²) in [5, 5.41) is 3.19. The van der Waals surface area contributed by atoms with Gasteiger partial charge in [-0.3, -0.25) is 0 Å². The van der Waals surface area contributed by atoms with Crippen LogP contribution in [-0.4, -0.2) is 6.54 Å². The molecule has 1 N–H and O–H groups in total. The summed E-state index contributed by atoms with van der Waals surface area (Å²) in [4.78, 5) is 0. The molecule has 112 valence electrons. The minimum atomic E-state index is -0.527. The van der Waals surface area contributed by atoms with E-state index in [0.717, 1.165) is 21.2 Å². The van der Waals surface area contributed by atoms with Crippen molar-refractivity contribution in [1.29, 1.82) is 0 Å². The van der Waals surface area contributed by atoms with Gasteiger partial charge in [0, 0.05) is 10.0 Å². The maximum Gasteiger partial charge on any atom is 0.131 e. The lowest BCUT2D eigenvalue weighted by molar-refractivity contribution is 0.509. The number of halogens is 3. The van der Waals surface area contributed by atoms with Crippen LogP contribution in [0, 0.1) is 25.5 Å². The van der Waals surface area contributed by atoms with Crippen molar-refractivity contribution in [2.24, 2.45) is 0 Å². The molecule has 1 nitrogen and oxygen atoms in total. The molecule has 0 saturated carbocycles. The fourth-order valence-corrected chi connectivity index (χ4v) is 2.93. The molecule has 0 bridgehead atoms. The van der Waals surface area contributed by atoms with Crippen LogP contribution in [0.15, 0.2) is 34.8 Å². The maximum absolute atomic E-state index is 14.1. The SMILES string of the molecule is CCNC(c1cc(C)c(Br)cc1C)c1c(F)cccc1F. The highest BCUT2D eigenvalue weighted by molar-refractivity contribution is 9.10. The zero-order valence-electron chi connectivity index (χ0n) is 12.3. The standard InChI is InChI=1S/C17H18BrF2N/c1-4-21-17(16-14(19)6-5-7-15(16)20)12-8-11(3)13(18)9-10(12)2/h5-9,17,21H,4H2,1-3H3. The Morgan fingerprint density at radius 1 is 1.10 bits per heavy atom. The Kier molecular flexibility index (Phi) is 5.12. The second-order valence-corrected chi connectivity index (χ2v) is 5.94. The summed E-state index contributed by atoms with van der Waals surface area (Å²) >= 11 is 3.48. The molecule has 2 rings (SSSR count). The van der Waals surface area contributed by atoms with Gasteiger partial charge in [0.15, 0.2) is 0 Å². The van der Waals surface area contributed by atoms with E-state index in [4.69, 9.17) is 0 Å². The average molecular weight is 354 g/mol. The predicted molar refractivity (Wildman–Crippen MR) is 85.5 cm³/mol. The maximum atomic E-state index is 14.1. The zero-order valence-corrected chi connectivity index (χ0v) is 13.9. The van der Waals surface area contributed by atoms with E-state index in [1.165, 1.54) is 18.2 Å². The first-order valence-electron chi connectivity index (χ1n) is 6.89. The highest BCUT2D eigenvalue weighted by Crippen LogP contribution is 2.31. The summed E-state index contributed by atoms with van der Waals surface area (Å²) in [5.41, 5.74) is 2.99. The van der Waals surface area contributed by atoms with E-state index >= 15 is 0 Å². The molecule has 0 aliphatic heterocycles. The monoisotopic (exact) mass is 353 g/mol. The van der Waals surface area contributed by atoms with E-state index in [0.29, 0.717) is 6.54 Å². The van der Waals surface area contributed by atoms with Gasteiger partial charge in [-0.05, 0) is 55.3 Å². The van der Waals surface area contributed by atoms with Crippen LogP contribution in [0.3, 0.4) is 0 Å². The van der Waals surface area contributed by atoms with Crippen molar-refractivity contribution in [1.82, 2.24) is 5.32 Å². The fraction of sp³-hybridized carbons (Fsp3) is 0.294. The molecule has 0 aliphatic rings. The van der Waals surface area contributed by atoms with Gasteiger partial charge in [0.1, 0.15) is 11.6 Å². The van der Waals surface area contributed by atoms with Gasteiger partial charge in [0.25, 0.3) is 0 Å². The number of hydrogen-bond donors (Lipinski definition) is 1. The molecule has 0 aromatic heterocycles. The molecule has 0 fully saturated rings. The summed E-state index contributed by atoms with van der Waals surface area (Å²) in [5.74, 6) is -1.05. The van der Waals surface area contributed by atoms with Gasteiger partial charge in [-0.25, -0.2) is 8.78 Å². The summed E-state index contributed by atoms with van der Waals surface area (Å²) in [6.07, 6.45) is 0. The van der Waals surface area contributed by atoms with Crippen LogP contribution in [0.5, 0.6) is 0 Å². The Morgan fingerprint density at radius 2 is 1.71 bits per heavy atom. The summed E-state index contributed by atoms with van der Waals surface area (Å²) in [7, 11) is 0. The Morgan fingerprint density at radius 3 is 2.29 bits per heavy atom. The summed E-state index contributed by atoms with van der Waals surface area (Å²) < 4.78 is 29.3. The van der Waals surface area contributed by atoms with Gasteiger partial charge in [-0.1, -0.05) is 35.0 Å². The van der Waals surface area contributed by atoms with E-state index in [-0.39, 0.29) is 5.56 Å². The molecule has 4 heteroatoms. The van der Waals surface area contributed by atoms with Crippen LogP contribution in [0.1, 0.15) is 35.2 Å². The quantitative estimate of drug-likeness (QED) is 0.811. The molecule has 2 aromatic carbocycles. The van der Waals surface area contributed by atoms with E-state index in [9.17, 15) is 8.78 Å². The number of hydrogen-bond acceptors (Lipinski definition) is 1. The second-order valence-electron chi connectivity index (χ2n) is 5.08. The van der Waals surface area contributed by atoms with E-state index in [1.54, 1.807) is 0 Å². The van der Waals surface area contributed by atoms with Crippen LogP contribution in [-0.2, 0) is 0 Å². The molecule has 2 aromatic rings. The average Bonchev–Trinajstić information content (AvgIpc) is 2.42. The number of benzene rings is 2. The van der Waals surface area contributed by atoms with E-state index in [1.807, 2.05) is 32.9 Å². The zero-order chi connectivity index (χ0) is 15.6. The van der Waals surface area contributed by atoms with Gasteiger partial charge in [-0.15, -0.1) is 0 Å². The Hall–Kier alpha value is -1.26. The first kappa shape index (κ1) is 16.1. The highest BCUT2D eigenvalue weighted by atomic mass is 79.9. The van der Waals surface area contributed by atoms with Crippen LogP contribution in [0.2, 0.25) is 0 Å².